The van der Waals surface area contributed by atoms with Crippen molar-refractivity contribution in [2.24, 2.45) is 16.1 Å². The van der Waals surface area contributed by atoms with Crippen molar-refractivity contribution in [1.29, 1.82) is 0 Å². The second-order valence-corrected chi connectivity index (χ2v) is 10.4. The van der Waals surface area contributed by atoms with Crippen LogP contribution < -0.4 is 9.47 Å². The Morgan fingerprint density at radius 1 is 0.974 bits per heavy atom. The maximum atomic E-state index is 13.6. The molecule has 8 nitrogen and oxygen atoms in total. The molecule has 0 aliphatic carbocycles. The normalized spacial score (nSPS) is 11.6. The fraction of sp³-hybridized carbons (Fsp3) is 0.200. The van der Waals surface area contributed by atoms with E-state index < -0.39 is 5.91 Å². The van der Waals surface area contributed by atoms with Gasteiger partial charge in [0.2, 0.25) is 5.88 Å². The lowest BCUT2D eigenvalue weighted by atomic mass is 10.0. The Balaban J connectivity index is 1.63. The van der Waals surface area contributed by atoms with Gasteiger partial charge in [-0.15, -0.1) is 10.2 Å². The monoisotopic (exact) mass is 586 g/mol. The van der Waals surface area contributed by atoms with Gasteiger partial charge in [0.1, 0.15) is 11.5 Å². The summed E-state index contributed by atoms with van der Waals surface area (Å²) in [6.07, 6.45) is 0. The predicted octanol–water partition coefficient (Wildman–Crippen LogP) is 7.92. The van der Waals surface area contributed by atoms with Crippen molar-refractivity contribution >= 4 is 49.3 Å². The van der Waals surface area contributed by atoms with Crippen LogP contribution in [0.25, 0.3) is 33.1 Å². The zero-order chi connectivity index (χ0) is 27.7. The number of carbonyl (C=O) groups excluding carboxylic acids is 1. The zero-order valence-electron chi connectivity index (χ0n) is 22.0. The van der Waals surface area contributed by atoms with Gasteiger partial charge in [0.25, 0.3) is 5.91 Å². The van der Waals surface area contributed by atoms with E-state index in [1.165, 1.54) is 0 Å². The van der Waals surface area contributed by atoms with E-state index in [9.17, 15) is 9.90 Å². The highest BCUT2D eigenvalue weighted by Gasteiger charge is 2.20. The Bertz CT molecular complexity index is 1730. The Labute approximate surface area is 234 Å². The molecule has 0 unspecified atom stereocenters. The summed E-state index contributed by atoms with van der Waals surface area (Å²) in [7, 11) is 3.14. The quantitative estimate of drug-likeness (QED) is 0.195. The standard InChI is InChI=1S/C30H27BrN4O4/c1-17(2)16-35-27-12-10-21(39-4)14-24(27)28(30(35)37)33-34-29(36)23-15-26(18-5-7-19(31)8-6-18)32-25-11-9-20(38-3)13-22(23)25/h5-15,17,37H,16H2,1-4H3. The third-order valence-corrected chi connectivity index (χ3v) is 6.92. The first-order valence-electron chi connectivity index (χ1n) is 12.4. The molecule has 2 heterocycles. The van der Waals surface area contributed by atoms with Crippen LogP contribution in [0.5, 0.6) is 17.4 Å². The first-order valence-corrected chi connectivity index (χ1v) is 13.2. The molecule has 5 rings (SSSR count). The summed E-state index contributed by atoms with van der Waals surface area (Å²) in [4.78, 5) is 18.3. The predicted molar refractivity (Wildman–Crippen MR) is 155 cm³/mol. The third-order valence-electron chi connectivity index (χ3n) is 6.39. The number of aromatic nitrogens is 2. The van der Waals surface area contributed by atoms with Gasteiger partial charge in [0.15, 0.2) is 5.69 Å². The maximum Gasteiger partial charge on any atom is 0.296 e. The molecule has 0 radical (unpaired) electrons. The van der Waals surface area contributed by atoms with E-state index in [-0.39, 0.29) is 17.5 Å². The molecule has 2 aromatic heterocycles. The van der Waals surface area contributed by atoms with Gasteiger partial charge in [-0.05, 0) is 60.5 Å². The summed E-state index contributed by atoms with van der Waals surface area (Å²) in [5.41, 5.74) is 3.41. The Morgan fingerprint density at radius 2 is 1.64 bits per heavy atom. The van der Waals surface area contributed by atoms with Crippen molar-refractivity contribution < 1.29 is 19.4 Å². The second-order valence-electron chi connectivity index (χ2n) is 9.51. The van der Waals surface area contributed by atoms with E-state index in [1.807, 2.05) is 42.5 Å². The minimum Gasteiger partial charge on any atom is -0.497 e. The molecular formula is C30H27BrN4O4. The van der Waals surface area contributed by atoms with Crippen molar-refractivity contribution in [2.75, 3.05) is 14.2 Å². The van der Waals surface area contributed by atoms with Gasteiger partial charge in [-0.2, -0.15) is 0 Å². The van der Waals surface area contributed by atoms with Crippen LogP contribution in [-0.2, 0) is 6.54 Å². The number of azo groups is 1. The largest absolute Gasteiger partial charge is 0.497 e. The van der Waals surface area contributed by atoms with Gasteiger partial charge in [0, 0.05) is 27.4 Å². The first kappa shape index (κ1) is 26.4. The minimum absolute atomic E-state index is 0.0553. The van der Waals surface area contributed by atoms with Gasteiger partial charge < -0.3 is 19.1 Å². The number of aromatic hydroxyl groups is 1. The van der Waals surface area contributed by atoms with Crippen LogP contribution in [0.3, 0.4) is 0 Å². The average Bonchev–Trinajstić information content (AvgIpc) is 3.20. The number of halogens is 1. The molecule has 9 heteroatoms. The topological polar surface area (TPSA) is 98.3 Å². The van der Waals surface area contributed by atoms with E-state index in [0.717, 1.165) is 15.6 Å². The lowest BCUT2D eigenvalue weighted by molar-refractivity contribution is 0.0996. The number of hydrogen-bond donors (Lipinski definition) is 1. The van der Waals surface area contributed by atoms with E-state index in [4.69, 9.17) is 14.5 Å². The number of carbonyl (C=O) groups is 1. The number of amides is 1. The van der Waals surface area contributed by atoms with Gasteiger partial charge >= 0.3 is 0 Å². The fourth-order valence-corrected chi connectivity index (χ4v) is 4.77. The number of benzene rings is 3. The summed E-state index contributed by atoms with van der Waals surface area (Å²) in [5, 5.41) is 20.7. The molecule has 0 saturated carbocycles. The lowest BCUT2D eigenvalue weighted by Crippen LogP contribution is -2.03. The molecule has 0 bridgehead atoms. The van der Waals surface area contributed by atoms with Crippen LogP contribution in [0.1, 0.15) is 24.2 Å². The smallest absolute Gasteiger partial charge is 0.296 e. The molecule has 1 N–H and O–H groups in total. The highest BCUT2D eigenvalue weighted by atomic mass is 79.9. The molecule has 198 valence electrons. The summed E-state index contributed by atoms with van der Waals surface area (Å²) in [6.45, 7) is 4.69. The maximum absolute atomic E-state index is 13.6. The van der Waals surface area contributed by atoms with E-state index in [2.05, 4.69) is 40.0 Å². The zero-order valence-corrected chi connectivity index (χ0v) is 23.6. The number of methoxy groups -OCH3 is 2. The number of hydrogen-bond acceptors (Lipinski definition) is 6. The lowest BCUT2D eigenvalue weighted by Gasteiger charge is -2.09. The summed E-state index contributed by atoms with van der Waals surface area (Å²) in [5.74, 6) is 0.850. The third kappa shape index (κ3) is 5.22. The average molecular weight is 587 g/mol. The van der Waals surface area contributed by atoms with E-state index in [1.54, 1.807) is 43.1 Å². The summed E-state index contributed by atoms with van der Waals surface area (Å²) < 4.78 is 13.5. The second kappa shape index (κ2) is 10.9. The van der Waals surface area contributed by atoms with Crippen LogP contribution in [0.4, 0.5) is 5.69 Å². The highest BCUT2D eigenvalue weighted by Crippen LogP contribution is 2.41. The van der Waals surface area contributed by atoms with Crippen LogP contribution in [0, 0.1) is 5.92 Å². The molecule has 3 aromatic carbocycles. The molecule has 0 saturated heterocycles. The molecule has 5 aromatic rings. The first-order chi connectivity index (χ1) is 18.8. The molecular weight excluding hydrogens is 560 g/mol. The van der Waals surface area contributed by atoms with Crippen molar-refractivity contribution in [3.05, 3.63) is 76.8 Å². The molecule has 0 atom stereocenters. The van der Waals surface area contributed by atoms with Crippen LogP contribution in [0.15, 0.2) is 81.4 Å². The number of fused-ring (bicyclic) bond motifs is 2. The van der Waals surface area contributed by atoms with Gasteiger partial charge in [-0.25, -0.2) is 4.98 Å². The van der Waals surface area contributed by atoms with Gasteiger partial charge in [-0.1, -0.05) is 41.9 Å². The number of nitrogens with zero attached hydrogens (tertiary/aromatic N) is 4. The van der Waals surface area contributed by atoms with Gasteiger partial charge in [0.05, 0.1) is 36.5 Å². The molecule has 0 aliphatic rings. The van der Waals surface area contributed by atoms with Crippen molar-refractivity contribution in [2.45, 2.75) is 20.4 Å². The molecule has 0 spiro atoms. The van der Waals surface area contributed by atoms with Crippen molar-refractivity contribution in [3.63, 3.8) is 0 Å². The number of rotatable bonds is 7. The minimum atomic E-state index is -0.568. The van der Waals surface area contributed by atoms with Crippen molar-refractivity contribution in [3.8, 4) is 28.6 Å². The Hall–Kier alpha value is -4.24. The Kier molecular flexibility index (Phi) is 7.34. The molecule has 39 heavy (non-hydrogen) atoms. The van der Waals surface area contributed by atoms with Crippen LogP contribution in [0.2, 0.25) is 0 Å². The van der Waals surface area contributed by atoms with Crippen LogP contribution >= 0.6 is 15.9 Å². The number of pyridine rings is 1. The number of ether oxygens (including phenoxy) is 2. The Morgan fingerprint density at radius 3 is 2.31 bits per heavy atom. The molecule has 0 fully saturated rings. The summed E-state index contributed by atoms with van der Waals surface area (Å²) >= 11 is 3.45. The van der Waals surface area contributed by atoms with E-state index >= 15 is 0 Å². The van der Waals surface area contributed by atoms with Gasteiger partial charge in [-0.3, -0.25) is 4.79 Å². The fourth-order valence-electron chi connectivity index (χ4n) is 4.50. The summed E-state index contributed by atoms with van der Waals surface area (Å²) in [6, 6.07) is 20.2. The SMILES string of the molecule is COc1ccc2nc(-c3ccc(Br)cc3)cc(C(=O)N=Nc3c(O)n(CC(C)C)c4ccc(OC)cc34)c2c1. The van der Waals surface area contributed by atoms with Crippen molar-refractivity contribution in [1.82, 2.24) is 9.55 Å². The highest BCUT2D eigenvalue weighted by molar-refractivity contribution is 9.10. The van der Waals surface area contributed by atoms with E-state index in [0.29, 0.717) is 45.6 Å². The molecule has 0 aliphatic heterocycles. The molecule has 1 amide bonds. The van der Waals surface area contributed by atoms with Crippen LogP contribution in [-0.4, -0.2) is 34.8 Å².